The molecule has 0 spiro atoms. The summed E-state index contributed by atoms with van der Waals surface area (Å²) in [7, 11) is 1.56. The first-order valence-corrected chi connectivity index (χ1v) is 38.4. The maximum Gasteiger partial charge on any atom is 0.472 e. The first kappa shape index (κ1) is 81.7. The van der Waals surface area contributed by atoms with E-state index in [1.807, 2.05) is 27.2 Å². The summed E-state index contributed by atoms with van der Waals surface area (Å²) in [5.41, 5.74) is 0. The molecule has 1 amide bonds. The molecule has 0 aromatic heterocycles. The molecule has 492 valence electrons. The highest BCUT2D eigenvalue weighted by atomic mass is 31.2. The van der Waals surface area contributed by atoms with Gasteiger partial charge in [0.05, 0.1) is 39.9 Å². The number of rotatable bonds is 69. The maximum atomic E-state index is 13.1. The van der Waals surface area contributed by atoms with Crippen molar-refractivity contribution >= 4 is 13.7 Å². The number of likely N-dealkylation sites (N-methyl/N-ethyl adjacent to an activating group) is 1. The van der Waals surface area contributed by atoms with E-state index in [-0.39, 0.29) is 19.1 Å². The van der Waals surface area contributed by atoms with Gasteiger partial charge in [-0.15, -0.1) is 0 Å². The standard InChI is InChI=1S/C74H145N2O6P/c1-6-8-10-12-14-16-18-20-22-24-26-28-30-32-34-35-36-37-38-39-40-41-42-44-46-48-50-52-54-56-58-60-62-64-66-68-74(78)75-72(71-82-83(79,80)81-70-69-76(3,4)5)73(77)67-65-63-61-59-57-55-53-51-49-47-45-43-33-31-29-27-25-23-21-19-17-15-13-11-9-7-2/h49,51,57,59,65,67,72-73,77H,6-48,50,52-56,58,60-64,66,68-71H2,1-5H3,(H-,75,78,79,80)/p+1/b51-49+,59-57+,67-65+. The molecule has 0 aliphatic rings. The van der Waals surface area contributed by atoms with Gasteiger partial charge in [0.15, 0.2) is 0 Å². The van der Waals surface area contributed by atoms with Crippen LogP contribution in [-0.4, -0.2) is 73.4 Å². The highest BCUT2D eigenvalue weighted by molar-refractivity contribution is 7.47. The number of carbonyl (C=O) groups excluding carboxylic acids is 1. The van der Waals surface area contributed by atoms with Crippen LogP contribution in [0, 0.1) is 0 Å². The average Bonchev–Trinajstić information content (AvgIpc) is 3.49. The van der Waals surface area contributed by atoms with E-state index in [4.69, 9.17) is 9.05 Å². The van der Waals surface area contributed by atoms with Crippen molar-refractivity contribution in [1.82, 2.24) is 5.32 Å². The van der Waals surface area contributed by atoms with Crippen LogP contribution < -0.4 is 5.32 Å². The Hall–Kier alpha value is -1.28. The van der Waals surface area contributed by atoms with Gasteiger partial charge >= 0.3 is 7.82 Å². The second-order valence-electron chi connectivity index (χ2n) is 26.7. The molecule has 0 heterocycles. The lowest BCUT2D eigenvalue weighted by Gasteiger charge is -2.25. The summed E-state index contributed by atoms with van der Waals surface area (Å²) in [5.74, 6) is -0.183. The van der Waals surface area contributed by atoms with Crippen molar-refractivity contribution in [3.63, 3.8) is 0 Å². The molecule has 0 saturated carbocycles. The summed E-state index contributed by atoms with van der Waals surface area (Å²) in [6, 6.07) is -0.870. The Morgan fingerprint density at radius 1 is 0.398 bits per heavy atom. The van der Waals surface area contributed by atoms with Gasteiger partial charge in [-0.3, -0.25) is 13.8 Å². The molecule has 0 bridgehead atoms. The van der Waals surface area contributed by atoms with Gasteiger partial charge < -0.3 is 19.8 Å². The number of hydrogen-bond acceptors (Lipinski definition) is 5. The fraction of sp³-hybridized carbons (Fsp3) is 0.905. The molecule has 0 fully saturated rings. The Morgan fingerprint density at radius 2 is 0.663 bits per heavy atom. The molecule has 0 aliphatic heterocycles. The number of phosphoric ester groups is 1. The van der Waals surface area contributed by atoms with E-state index >= 15 is 0 Å². The quantitative estimate of drug-likeness (QED) is 0.0243. The second-order valence-corrected chi connectivity index (χ2v) is 28.1. The zero-order valence-electron chi connectivity index (χ0n) is 56.5. The Bertz CT molecular complexity index is 1450. The minimum atomic E-state index is -4.37. The third-order valence-electron chi connectivity index (χ3n) is 17.1. The number of amides is 1. The average molecular weight is 1190 g/mol. The number of nitrogens with zero attached hydrogens (tertiary/aromatic N) is 1. The lowest BCUT2D eigenvalue weighted by atomic mass is 10.0. The lowest BCUT2D eigenvalue weighted by molar-refractivity contribution is -0.870. The molecular weight excluding hydrogens is 1040 g/mol. The van der Waals surface area contributed by atoms with Crippen molar-refractivity contribution in [2.45, 2.75) is 392 Å². The largest absolute Gasteiger partial charge is 0.472 e. The Labute approximate surface area is 518 Å². The predicted octanol–water partition coefficient (Wildman–Crippen LogP) is 23.6. The zero-order chi connectivity index (χ0) is 60.5. The van der Waals surface area contributed by atoms with Crippen molar-refractivity contribution in [3.8, 4) is 0 Å². The Kier molecular flexibility index (Phi) is 64.2. The summed E-state index contributed by atoms with van der Waals surface area (Å²) in [6.45, 7) is 4.85. The first-order chi connectivity index (χ1) is 40.5. The van der Waals surface area contributed by atoms with Gasteiger partial charge in [-0.05, 0) is 44.9 Å². The number of nitrogens with one attached hydrogen (secondary N) is 1. The van der Waals surface area contributed by atoms with Crippen LogP contribution in [0.2, 0.25) is 0 Å². The number of aliphatic hydroxyl groups is 1. The normalized spacial score (nSPS) is 13.8. The predicted molar refractivity (Wildman–Crippen MR) is 365 cm³/mol. The summed E-state index contributed by atoms with van der Waals surface area (Å²) in [4.78, 5) is 23.4. The van der Waals surface area contributed by atoms with Gasteiger partial charge in [-0.1, -0.05) is 365 Å². The summed E-state index contributed by atoms with van der Waals surface area (Å²) < 4.78 is 23.8. The van der Waals surface area contributed by atoms with Crippen LogP contribution in [0.4, 0.5) is 0 Å². The van der Waals surface area contributed by atoms with Crippen molar-refractivity contribution in [1.29, 1.82) is 0 Å². The van der Waals surface area contributed by atoms with Crippen LogP contribution in [0.1, 0.15) is 380 Å². The van der Waals surface area contributed by atoms with Crippen LogP contribution in [0.25, 0.3) is 0 Å². The highest BCUT2D eigenvalue weighted by Gasteiger charge is 2.28. The van der Waals surface area contributed by atoms with Crippen LogP contribution >= 0.6 is 7.82 Å². The molecule has 0 aromatic carbocycles. The Balaban J connectivity index is 4.02. The van der Waals surface area contributed by atoms with E-state index in [9.17, 15) is 19.4 Å². The third-order valence-corrected chi connectivity index (χ3v) is 18.1. The van der Waals surface area contributed by atoms with E-state index in [1.54, 1.807) is 6.08 Å². The fourth-order valence-electron chi connectivity index (χ4n) is 11.4. The van der Waals surface area contributed by atoms with E-state index in [1.165, 1.54) is 315 Å². The molecule has 0 aliphatic carbocycles. The topological polar surface area (TPSA) is 105 Å². The highest BCUT2D eigenvalue weighted by Crippen LogP contribution is 2.43. The van der Waals surface area contributed by atoms with Crippen molar-refractivity contribution in [2.24, 2.45) is 0 Å². The molecule has 0 radical (unpaired) electrons. The number of quaternary nitrogens is 1. The number of allylic oxidation sites excluding steroid dienone is 5. The van der Waals surface area contributed by atoms with Gasteiger partial charge in [0.2, 0.25) is 5.91 Å². The molecule has 83 heavy (non-hydrogen) atoms. The van der Waals surface area contributed by atoms with Gasteiger partial charge in [0, 0.05) is 6.42 Å². The molecule has 3 atom stereocenters. The van der Waals surface area contributed by atoms with Gasteiger partial charge in [0.1, 0.15) is 13.2 Å². The molecule has 0 saturated heterocycles. The van der Waals surface area contributed by atoms with Crippen LogP contribution in [-0.2, 0) is 18.4 Å². The molecule has 0 aromatic rings. The monoisotopic (exact) mass is 1190 g/mol. The van der Waals surface area contributed by atoms with Gasteiger partial charge in [0.25, 0.3) is 0 Å². The molecule has 3 N–H and O–H groups in total. The molecule has 0 rings (SSSR count). The molecular formula is C74H146N2O6P+. The van der Waals surface area contributed by atoms with E-state index in [2.05, 4.69) is 43.5 Å². The third kappa shape index (κ3) is 68.1. The number of carbonyl (C=O) groups is 1. The van der Waals surface area contributed by atoms with Gasteiger partial charge in [-0.2, -0.15) is 0 Å². The summed E-state index contributed by atoms with van der Waals surface area (Å²) in [6.07, 6.45) is 87.6. The van der Waals surface area contributed by atoms with E-state index in [0.29, 0.717) is 17.4 Å². The van der Waals surface area contributed by atoms with Gasteiger partial charge in [-0.25, -0.2) is 4.57 Å². The molecule has 9 heteroatoms. The number of aliphatic hydroxyl groups excluding tert-OH is 1. The van der Waals surface area contributed by atoms with E-state index in [0.717, 1.165) is 44.9 Å². The number of hydrogen-bond donors (Lipinski definition) is 3. The number of phosphoric acid groups is 1. The lowest BCUT2D eigenvalue weighted by Crippen LogP contribution is -2.45. The zero-order valence-corrected chi connectivity index (χ0v) is 57.4. The van der Waals surface area contributed by atoms with Crippen LogP contribution in [0.5, 0.6) is 0 Å². The number of unbranched alkanes of at least 4 members (excludes halogenated alkanes) is 52. The second kappa shape index (κ2) is 65.2. The fourth-order valence-corrected chi connectivity index (χ4v) is 12.1. The summed E-state index contributed by atoms with van der Waals surface area (Å²) >= 11 is 0. The smallest absolute Gasteiger partial charge is 0.387 e. The SMILES string of the molecule is CCCCCCCCCCCCCCCCCC/C=C/CC/C=C/CC/C=C/C(O)C(COP(=O)(O)OCC[N+](C)(C)C)NC(=O)CCCCCCCCCCCCCCCCCCCCCCCCCCCCCCCCCCCCC. The maximum absolute atomic E-state index is 13.1. The van der Waals surface area contributed by atoms with Crippen molar-refractivity contribution < 1.29 is 32.9 Å². The molecule has 8 nitrogen and oxygen atoms in total. The van der Waals surface area contributed by atoms with Crippen molar-refractivity contribution in [3.05, 3.63) is 36.5 Å². The van der Waals surface area contributed by atoms with Crippen LogP contribution in [0.3, 0.4) is 0 Å². The summed E-state index contributed by atoms with van der Waals surface area (Å²) in [5, 5.41) is 14.0. The molecule has 3 unspecified atom stereocenters. The van der Waals surface area contributed by atoms with Crippen molar-refractivity contribution in [2.75, 3.05) is 40.9 Å². The Morgan fingerprint density at radius 3 is 0.964 bits per heavy atom. The van der Waals surface area contributed by atoms with E-state index < -0.39 is 20.0 Å². The minimum absolute atomic E-state index is 0.0555. The first-order valence-electron chi connectivity index (χ1n) is 36.9. The van der Waals surface area contributed by atoms with Crippen LogP contribution in [0.15, 0.2) is 36.5 Å². The minimum Gasteiger partial charge on any atom is -0.387 e.